The van der Waals surface area contributed by atoms with Gasteiger partial charge < -0.3 is 14.6 Å². The monoisotopic (exact) mass is 460 g/mol. The molecule has 0 amide bonds. The number of carboxylic acid groups (broad SMARTS) is 1. The molecule has 32 heavy (non-hydrogen) atoms. The molecule has 2 atom stereocenters. The van der Waals surface area contributed by atoms with Crippen molar-refractivity contribution < 1.29 is 36.9 Å². The molecule has 0 bridgehead atoms. The molecule has 2 saturated heterocycles. The lowest BCUT2D eigenvalue weighted by Gasteiger charge is -2.39. The average Bonchev–Trinajstić information content (AvgIpc) is 3.29. The van der Waals surface area contributed by atoms with Gasteiger partial charge in [-0.15, -0.1) is 0 Å². The van der Waals surface area contributed by atoms with E-state index < -0.39 is 18.0 Å². The number of rotatable bonds is 4. The van der Waals surface area contributed by atoms with E-state index in [4.69, 9.17) is 19.4 Å². The van der Waals surface area contributed by atoms with Crippen LogP contribution in [0.25, 0.3) is 0 Å². The summed E-state index contributed by atoms with van der Waals surface area (Å²) in [5.74, 6) is -3.12. The summed E-state index contributed by atoms with van der Waals surface area (Å²) in [5, 5.41) is 11.4. The van der Waals surface area contributed by atoms with Crippen molar-refractivity contribution in [2.24, 2.45) is 7.05 Å². The zero-order valence-electron chi connectivity index (χ0n) is 17.4. The Hall–Kier alpha value is -2.73. The summed E-state index contributed by atoms with van der Waals surface area (Å²) in [6.07, 6.45) is 3.14. The van der Waals surface area contributed by atoms with Gasteiger partial charge in [0.05, 0.1) is 18.4 Å². The number of nitrogens with zero attached hydrogens (tertiary/aromatic N) is 4. The van der Waals surface area contributed by atoms with Gasteiger partial charge in [-0.1, -0.05) is 0 Å². The highest BCUT2D eigenvalue weighted by Crippen LogP contribution is 2.36. The zero-order valence-corrected chi connectivity index (χ0v) is 17.4. The first-order valence-corrected chi connectivity index (χ1v) is 9.97. The summed E-state index contributed by atoms with van der Waals surface area (Å²) in [7, 11) is 1.93. The predicted molar refractivity (Wildman–Crippen MR) is 103 cm³/mol. The average molecular weight is 460 g/mol. The minimum Gasteiger partial charge on any atom is -0.475 e. The first kappa shape index (κ1) is 23.9. The van der Waals surface area contributed by atoms with Crippen LogP contribution in [0.15, 0.2) is 30.7 Å². The quantitative estimate of drug-likeness (QED) is 0.702. The Balaban J connectivity index is 0.000000360. The van der Waals surface area contributed by atoms with E-state index in [-0.39, 0.29) is 17.6 Å². The van der Waals surface area contributed by atoms with Crippen molar-refractivity contribution in [1.82, 2.24) is 19.7 Å². The molecular weight excluding hydrogens is 436 g/mol. The lowest BCUT2D eigenvalue weighted by Crippen LogP contribution is -2.47. The predicted octanol–water partition coefficient (Wildman–Crippen LogP) is 2.79. The Morgan fingerprint density at radius 1 is 1.44 bits per heavy atom. The van der Waals surface area contributed by atoms with Gasteiger partial charge in [-0.05, 0) is 31.5 Å². The Morgan fingerprint density at radius 2 is 2.19 bits per heavy atom. The number of hydrogen-bond acceptors (Lipinski definition) is 6. The molecule has 12 heteroatoms. The lowest BCUT2D eigenvalue weighted by molar-refractivity contribution is -0.192. The van der Waals surface area contributed by atoms with E-state index in [1.807, 2.05) is 24.1 Å². The maximum Gasteiger partial charge on any atom is 0.490 e. The second-order valence-electron chi connectivity index (χ2n) is 7.87. The fourth-order valence-corrected chi connectivity index (χ4v) is 3.92. The maximum atomic E-state index is 13.7. The molecule has 4 rings (SSSR count). The molecule has 2 aliphatic heterocycles. The van der Waals surface area contributed by atoms with E-state index in [0.717, 1.165) is 38.9 Å². The van der Waals surface area contributed by atoms with E-state index in [1.54, 1.807) is 12.3 Å². The topological polar surface area (TPSA) is 89.7 Å². The summed E-state index contributed by atoms with van der Waals surface area (Å²) >= 11 is 0. The second-order valence-corrected chi connectivity index (χ2v) is 7.87. The fourth-order valence-electron chi connectivity index (χ4n) is 3.92. The molecule has 2 fully saturated rings. The van der Waals surface area contributed by atoms with Crippen molar-refractivity contribution in [2.45, 2.75) is 43.7 Å². The van der Waals surface area contributed by atoms with Gasteiger partial charge in [0.2, 0.25) is 0 Å². The Morgan fingerprint density at radius 3 is 2.81 bits per heavy atom. The number of aliphatic carboxylic acids is 1. The van der Waals surface area contributed by atoms with Gasteiger partial charge in [0.25, 0.3) is 5.88 Å². The summed E-state index contributed by atoms with van der Waals surface area (Å²) in [6.45, 7) is 3.28. The maximum absolute atomic E-state index is 13.7. The number of aryl methyl sites for hydroxylation is 1. The summed E-state index contributed by atoms with van der Waals surface area (Å²) in [4.78, 5) is 15.3. The standard InChI is InChI=1S/C18H23FN4O2.C2HF3O2/c1-22-10-14(9-21-22)11-23-7-3-5-18(13-23)8-15(12-24-18)25-17-16(19)4-2-6-20-17;3-2(4,5)1(6)7/h2,4,6,9-10,15H,3,5,7-8,11-13H2,1H3;(H,6,7)/t15-,18+;/m1./s1. The SMILES string of the molecule is Cn1cc(CN2CCC[C@]3(C[C@@H](Oc4ncccc4F)CO3)C2)cn1.O=C(O)C(F)(F)F. The van der Waals surface area contributed by atoms with Gasteiger partial charge in [0.15, 0.2) is 5.82 Å². The van der Waals surface area contributed by atoms with Crippen LogP contribution in [-0.4, -0.2) is 68.3 Å². The number of pyridine rings is 1. The molecule has 2 aromatic rings. The summed E-state index contributed by atoms with van der Waals surface area (Å²) in [5.41, 5.74) is 1.01. The number of carboxylic acids is 1. The van der Waals surface area contributed by atoms with Gasteiger partial charge in [-0.2, -0.15) is 18.3 Å². The number of hydrogen-bond donors (Lipinski definition) is 1. The third-order valence-electron chi connectivity index (χ3n) is 5.20. The molecule has 1 N–H and O–H groups in total. The Bertz CT molecular complexity index is 923. The number of likely N-dealkylation sites (tertiary alicyclic amines) is 1. The number of aromatic nitrogens is 3. The first-order chi connectivity index (χ1) is 15.1. The van der Waals surface area contributed by atoms with Crippen molar-refractivity contribution in [3.05, 3.63) is 42.1 Å². The van der Waals surface area contributed by atoms with Crippen LogP contribution in [0.3, 0.4) is 0 Å². The van der Waals surface area contributed by atoms with E-state index in [2.05, 4.69) is 15.0 Å². The van der Waals surface area contributed by atoms with E-state index in [0.29, 0.717) is 6.61 Å². The van der Waals surface area contributed by atoms with Crippen molar-refractivity contribution in [1.29, 1.82) is 0 Å². The molecule has 1 spiro atoms. The smallest absolute Gasteiger partial charge is 0.475 e. The fraction of sp³-hybridized carbons (Fsp3) is 0.550. The number of ether oxygens (including phenoxy) is 2. The van der Waals surface area contributed by atoms with Crippen LogP contribution in [0.4, 0.5) is 17.6 Å². The molecule has 2 aliphatic rings. The third kappa shape index (κ3) is 6.39. The van der Waals surface area contributed by atoms with Crippen molar-refractivity contribution in [2.75, 3.05) is 19.7 Å². The zero-order chi connectivity index (χ0) is 23.4. The number of piperidine rings is 1. The van der Waals surface area contributed by atoms with Crippen molar-refractivity contribution >= 4 is 5.97 Å². The highest BCUT2D eigenvalue weighted by Gasteiger charge is 2.44. The molecular formula is C20H24F4N4O4. The normalized spacial score (nSPS) is 23.6. The van der Waals surface area contributed by atoms with Crippen LogP contribution in [0.5, 0.6) is 5.88 Å². The number of carbonyl (C=O) groups is 1. The Kier molecular flexibility index (Phi) is 7.34. The highest BCUT2D eigenvalue weighted by molar-refractivity contribution is 5.73. The largest absolute Gasteiger partial charge is 0.490 e. The van der Waals surface area contributed by atoms with Crippen LogP contribution in [0.2, 0.25) is 0 Å². The van der Waals surface area contributed by atoms with Gasteiger partial charge >= 0.3 is 12.1 Å². The number of alkyl halides is 3. The van der Waals surface area contributed by atoms with E-state index in [1.165, 1.54) is 11.6 Å². The Labute approximate surface area is 181 Å². The molecule has 0 unspecified atom stereocenters. The van der Waals surface area contributed by atoms with E-state index >= 15 is 0 Å². The van der Waals surface area contributed by atoms with Crippen LogP contribution in [0.1, 0.15) is 24.8 Å². The van der Waals surface area contributed by atoms with E-state index in [9.17, 15) is 17.6 Å². The molecule has 0 radical (unpaired) electrons. The van der Waals surface area contributed by atoms with Crippen LogP contribution in [-0.2, 0) is 23.1 Å². The molecule has 4 heterocycles. The van der Waals surface area contributed by atoms with Gasteiger partial charge in [0.1, 0.15) is 6.10 Å². The lowest BCUT2D eigenvalue weighted by atomic mass is 9.89. The second kappa shape index (κ2) is 9.82. The van der Waals surface area contributed by atoms with Gasteiger partial charge in [0, 0.05) is 44.5 Å². The minimum atomic E-state index is -5.08. The van der Waals surface area contributed by atoms with Gasteiger partial charge in [-0.25, -0.2) is 14.2 Å². The molecule has 176 valence electrons. The molecule has 0 aliphatic carbocycles. The van der Waals surface area contributed by atoms with Crippen LogP contribution < -0.4 is 4.74 Å². The molecule has 8 nitrogen and oxygen atoms in total. The summed E-state index contributed by atoms with van der Waals surface area (Å²) < 4.78 is 59.2. The third-order valence-corrected chi connectivity index (χ3v) is 5.20. The summed E-state index contributed by atoms with van der Waals surface area (Å²) in [6, 6.07) is 2.93. The van der Waals surface area contributed by atoms with Crippen LogP contribution in [0, 0.1) is 5.82 Å². The van der Waals surface area contributed by atoms with Crippen molar-refractivity contribution in [3.63, 3.8) is 0 Å². The molecule has 0 aromatic carbocycles. The molecule has 0 saturated carbocycles. The molecule has 2 aromatic heterocycles. The highest BCUT2D eigenvalue weighted by atomic mass is 19.4. The number of halogens is 4. The van der Waals surface area contributed by atoms with Gasteiger partial charge in [-0.3, -0.25) is 9.58 Å². The first-order valence-electron chi connectivity index (χ1n) is 9.97. The van der Waals surface area contributed by atoms with Crippen LogP contribution >= 0.6 is 0 Å². The minimum absolute atomic E-state index is 0.0659. The van der Waals surface area contributed by atoms with Crippen molar-refractivity contribution in [3.8, 4) is 5.88 Å².